The van der Waals surface area contributed by atoms with Crippen LogP contribution in [0.1, 0.15) is 11.3 Å². The number of carbonyl (C=O) groups is 1. The van der Waals surface area contributed by atoms with Crippen LogP contribution in [0.2, 0.25) is 0 Å². The highest BCUT2D eigenvalue weighted by Crippen LogP contribution is 2.26. The molecule has 0 spiro atoms. The van der Waals surface area contributed by atoms with Gasteiger partial charge in [0.1, 0.15) is 10.8 Å². The number of ether oxygens (including phenoxy) is 2. The number of thiazole rings is 1. The van der Waals surface area contributed by atoms with E-state index >= 15 is 0 Å². The Bertz CT molecular complexity index is 686. The number of aromatic nitrogens is 1. The van der Waals surface area contributed by atoms with Gasteiger partial charge < -0.3 is 19.9 Å². The lowest BCUT2D eigenvalue weighted by Gasteiger charge is -2.31. The third-order valence-corrected chi connectivity index (χ3v) is 4.93. The third-order valence-electron chi connectivity index (χ3n) is 3.97. The number of benzene rings is 1. The predicted molar refractivity (Wildman–Crippen MR) is 91.7 cm³/mol. The van der Waals surface area contributed by atoms with Gasteiger partial charge in [-0.25, -0.2) is 9.78 Å². The van der Waals surface area contributed by atoms with Crippen molar-refractivity contribution in [2.45, 2.75) is 19.4 Å². The van der Waals surface area contributed by atoms with E-state index in [0.717, 1.165) is 16.3 Å². The van der Waals surface area contributed by atoms with E-state index in [-0.39, 0.29) is 12.0 Å². The predicted octanol–water partition coefficient (Wildman–Crippen LogP) is 3.17. The molecule has 1 aliphatic rings. The molecule has 2 aromatic rings. The van der Waals surface area contributed by atoms with Crippen molar-refractivity contribution < 1.29 is 19.4 Å². The normalized spacial score (nSPS) is 20.5. The van der Waals surface area contributed by atoms with Crippen molar-refractivity contribution in [1.82, 2.24) is 10.3 Å². The quantitative estimate of drug-likeness (QED) is 0.867. The molecule has 0 radical (unpaired) electrons. The van der Waals surface area contributed by atoms with Crippen LogP contribution < -0.4 is 10.1 Å². The SMILES string of the molecule is Cc1cnc(-c2ccc(OC[C@H]3COCC[C@H]3NC(=O)O)cc2)s1. The summed E-state index contributed by atoms with van der Waals surface area (Å²) in [5.74, 6) is 0.766. The maximum atomic E-state index is 10.9. The van der Waals surface area contributed by atoms with Crippen LogP contribution >= 0.6 is 11.3 Å². The summed E-state index contributed by atoms with van der Waals surface area (Å²) in [5.41, 5.74) is 1.06. The fourth-order valence-corrected chi connectivity index (χ4v) is 3.46. The molecule has 0 saturated carbocycles. The van der Waals surface area contributed by atoms with Gasteiger partial charge in [0.05, 0.1) is 13.2 Å². The van der Waals surface area contributed by atoms with Crippen molar-refractivity contribution >= 4 is 17.4 Å². The summed E-state index contributed by atoms with van der Waals surface area (Å²) in [6, 6.07) is 7.66. The molecule has 0 unspecified atom stereocenters. The first-order valence-corrected chi connectivity index (χ1v) is 8.66. The highest BCUT2D eigenvalue weighted by molar-refractivity contribution is 7.14. The molecule has 1 aliphatic heterocycles. The van der Waals surface area contributed by atoms with Gasteiger partial charge in [-0.05, 0) is 37.6 Å². The second kappa shape index (κ2) is 7.63. The summed E-state index contributed by atoms with van der Waals surface area (Å²) in [6.07, 6.45) is 1.53. The van der Waals surface area contributed by atoms with Crippen molar-refractivity contribution in [3.8, 4) is 16.3 Å². The summed E-state index contributed by atoms with van der Waals surface area (Å²) in [6.45, 7) is 3.53. The molecular formula is C17H20N2O4S. The number of aryl methyl sites for hydroxylation is 1. The Labute approximate surface area is 144 Å². The maximum absolute atomic E-state index is 10.9. The fraction of sp³-hybridized carbons (Fsp3) is 0.412. The van der Waals surface area contributed by atoms with Gasteiger partial charge in [-0.2, -0.15) is 0 Å². The zero-order chi connectivity index (χ0) is 16.9. The van der Waals surface area contributed by atoms with E-state index in [1.807, 2.05) is 37.4 Å². The van der Waals surface area contributed by atoms with Gasteiger partial charge in [0.2, 0.25) is 0 Å². The molecule has 1 aromatic carbocycles. The molecule has 1 amide bonds. The molecule has 2 heterocycles. The van der Waals surface area contributed by atoms with Gasteiger partial charge in [-0.15, -0.1) is 11.3 Å². The lowest BCUT2D eigenvalue weighted by Crippen LogP contribution is -2.47. The number of nitrogens with one attached hydrogen (secondary N) is 1. The number of hydrogen-bond donors (Lipinski definition) is 2. The van der Waals surface area contributed by atoms with Gasteiger partial charge in [-0.3, -0.25) is 0 Å². The number of nitrogens with zero attached hydrogens (tertiary/aromatic N) is 1. The van der Waals surface area contributed by atoms with Crippen molar-refractivity contribution in [1.29, 1.82) is 0 Å². The Balaban J connectivity index is 1.58. The monoisotopic (exact) mass is 348 g/mol. The topological polar surface area (TPSA) is 80.7 Å². The lowest BCUT2D eigenvalue weighted by molar-refractivity contribution is 0.0140. The van der Waals surface area contributed by atoms with Crippen LogP contribution in [-0.2, 0) is 4.74 Å². The molecular weight excluding hydrogens is 328 g/mol. The molecule has 1 fully saturated rings. The Kier molecular flexibility index (Phi) is 5.32. The van der Waals surface area contributed by atoms with Crippen molar-refractivity contribution in [3.63, 3.8) is 0 Å². The number of hydrogen-bond acceptors (Lipinski definition) is 5. The van der Waals surface area contributed by atoms with Gasteiger partial charge in [0.15, 0.2) is 0 Å². The van der Waals surface area contributed by atoms with Crippen molar-refractivity contribution in [3.05, 3.63) is 35.3 Å². The zero-order valence-corrected chi connectivity index (χ0v) is 14.2. The summed E-state index contributed by atoms with van der Waals surface area (Å²) in [4.78, 5) is 16.4. The largest absolute Gasteiger partial charge is 0.493 e. The molecule has 2 N–H and O–H groups in total. The van der Waals surface area contributed by atoms with E-state index in [2.05, 4.69) is 10.3 Å². The molecule has 3 rings (SSSR count). The number of rotatable bonds is 5. The first kappa shape index (κ1) is 16.7. The maximum Gasteiger partial charge on any atom is 0.404 e. The minimum Gasteiger partial charge on any atom is -0.493 e. The smallest absolute Gasteiger partial charge is 0.404 e. The second-order valence-corrected chi connectivity index (χ2v) is 7.03. The van der Waals surface area contributed by atoms with Gasteiger partial charge in [-0.1, -0.05) is 0 Å². The summed E-state index contributed by atoms with van der Waals surface area (Å²) < 4.78 is 11.3. The molecule has 0 aliphatic carbocycles. The number of amides is 1. The molecule has 6 nitrogen and oxygen atoms in total. The van der Waals surface area contributed by atoms with Crippen LogP contribution in [0.15, 0.2) is 30.5 Å². The van der Waals surface area contributed by atoms with Gasteiger partial charge in [0, 0.05) is 35.2 Å². The molecule has 2 atom stereocenters. The summed E-state index contributed by atoms with van der Waals surface area (Å²) in [5, 5.41) is 12.5. The van der Waals surface area contributed by atoms with Gasteiger partial charge in [0.25, 0.3) is 0 Å². The second-order valence-electron chi connectivity index (χ2n) is 5.79. The minimum absolute atomic E-state index is 0.0103. The van der Waals surface area contributed by atoms with Crippen LogP contribution in [0, 0.1) is 12.8 Å². The average molecular weight is 348 g/mol. The van der Waals surface area contributed by atoms with E-state index in [9.17, 15) is 4.79 Å². The first-order chi connectivity index (χ1) is 11.6. The molecule has 1 saturated heterocycles. The van der Waals surface area contributed by atoms with Crippen molar-refractivity contribution in [2.24, 2.45) is 5.92 Å². The van der Waals surface area contributed by atoms with Crippen LogP contribution in [0.5, 0.6) is 5.75 Å². The Morgan fingerprint density at radius 3 is 2.92 bits per heavy atom. The Morgan fingerprint density at radius 2 is 2.25 bits per heavy atom. The molecule has 128 valence electrons. The fourth-order valence-electron chi connectivity index (χ4n) is 2.69. The molecule has 1 aromatic heterocycles. The van der Waals surface area contributed by atoms with E-state index < -0.39 is 6.09 Å². The molecule has 7 heteroatoms. The van der Waals surface area contributed by atoms with Crippen LogP contribution in [0.25, 0.3) is 10.6 Å². The lowest BCUT2D eigenvalue weighted by atomic mass is 9.97. The van der Waals surface area contributed by atoms with Crippen LogP contribution in [0.3, 0.4) is 0 Å². The average Bonchev–Trinajstić information content (AvgIpc) is 3.00. The van der Waals surface area contributed by atoms with Crippen molar-refractivity contribution in [2.75, 3.05) is 19.8 Å². The summed E-state index contributed by atoms with van der Waals surface area (Å²) >= 11 is 1.66. The highest BCUT2D eigenvalue weighted by Gasteiger charge is 2.27. The van der Waals surface area contributed by atoms with E-state index in [1.165, 1.54) is 4.88 Å². The van der Waals surface area contributed by atoms with Gasteiger partial charge >= 0.3 is 6.09 Å². The molecule has 0 bridgehead atoms. The Morgan fingerprint density at radius 1 is 1.46 bits per heavy atom. The Hall–Kier alpha value is -2.12. The highest BCUT2D eigenvalue weighted by atomic mass is 32.1. The third kappa shape index (κ3) is 4.24. The van der Waals surface area contributed by atoms with E-state index in [4.69, 9.17) is 14.6 Å². The molecule has 24 heavy (non-hydrogen) atoms. The summed E-state index contributed by atoms with van der Waals surface area (Å²) in [7, 11) is 0. The van der Waals surface area contributed by atoms with E-state index in [1.54, 1.807) is 11.3 Å². The van der Waals surface area contributed by atoms with E-state index in [0.29, 0.717) is 26.2 Å². The first-order valence-electron chi connectivity index (χ1n) is 7.84. The van der Waals surface area contributed by atoms with Crippen LogP contribution in [-0.4, -0.2) is 42.0 Å². The minimum atomic E-state index is -1.00. The standard InChI is InChI=1S/C17H20N2O4S/c1-11-8-18-16(24-11)12-2-4-14(5-3-12)23-10-13-9-22-7-6-15(13)19-17(20)21/h2-5,8,13,15,19H,6-7,9-10H2,1H3,(H,20,21)/t13-,15-/m1/s1. The van der Waals surface area contributed by atoms with Crippen LogP contribution in [0.4, 0.5) is 4.79 Å². The number of carboxylic acid groups (broad SMARTS) is 1. The zero-order valence-electron chi connectivity index (χ0n) is 13.4.